The lowest BCUT2D eigenvalue weighted by Crippen LogP contribution is -2.47. The minimum atomic E-state index is -0.922. The van der Waals surface area contributed by atoms with E-state index in [2.05, 4.69) is 16.0 Å². The first kappa shape index (κ1) is 22.3. The van der Waals surface area contributed by atoms with Crippen LogP contribution in [0, 0.1) is 6.92 Å². The summed E-state index contributed by atoms with van der Waals surface area (Å²) in [5, 5.41) is 5.34. The third-order valence-electron chi connectivity index (χ3n) is 4.59. The van der Waals surface area contributed by atoms with Crippen LogP contribution >= 0.6 is 11.6 Å². The number of ether oxygens (including phenoxy) is 1. The highest BCUT2D eigenvalue weighted by atomic mass is 35.5. The molecule has 2 N–H and O–H groups in total. The number of nitrogens with one attached hydrogen (secondary N) is 2. The summed E-state index contributed by atoms with van der Waals surface area (Å²) in [6, 6.07) is 11.7. The normalized spacial score (nSPS) is 11.9. The number of aromatic nitrogens is 2. The Bertz CT molecular complexity index is 1210. The lowest BCUT2D eigenvalue weighted by Gasteiger charge is -2.17. The summed E-state index contributed by atoms with van der Waals surface area (Å²) in [5.74, 6) is -0.862. The predicted octanol–water partition coefficient (Wildman–Crippen LogP) is 3.17. The first-order valence-electron chi connectivity index (χ1n) is 9.73. The van der Waals surface area contributed by atoms with E-state index in [-0.39, 0.29) is 17.3 Å². The van der Waals surface area contributed by atoms with E-state index in [0.717, 1.165) is 5.56 Å². The van der Waals surface area contributed by atoms with Gasteiger partial charge in [0, 0.05) is 5.39 Å². The Hall–Kier alpha value is -3.39. The van der Waals surface area contributed by atoms with Gasteiger partial charge in [-0.15, -0.1) is 0 Å². The number of nitrogens with zero attached hydrogens (tertiary/aromatic N) is 2. The van der Waals surface area contributed by atoms with E-state index in [0.29, 0.717) is 21.5 Å². The van der Waals surface area contributed by atoms with Gasteiger partial charge in [0.1, 0.15) is 5.75 Å². The van der Waals surface area contributed by atoms with Crippen LogP contribution in [0.4, 0.5) is 0 Å². The molecule has 1 unspecified atom stereocenters. The standard InChI is InChI=1S/C22H23ClN4O4/c1-12(2)27-22(30)16-8-6-5-7-15(16)19(26-27)21(29)25-24-20(28)14(4)31-18-11-13(3)9-10-17(18)23/h5-12,14H,1-4H3,(H,24,28)(H,25,29). The number of aryl methyl sites for hydroxylation is 1. The third-order valence-corrected chi connectivity index (χ3v) is 4.90. The Morgan fingerprint density at radius 1 is 1.06 bits per heavy atom. The highest BCUT2D eigenvalue weighted by Gasteiger charge is 2.21. The van der Waals surface area contributed by atoms with Crippen molar-refractivity contribution in [2.24, 2.45) is 0 Å². The summed E-state index contributed by atoms with van der Waals surface area (Å²) in [6.45, 7) is 7.00. The second-order valence-electron chi connectivity index (χ2n) is 7.37. The van der Waals surface area contributed by atoms with E-state index in [9.17, 15) is 14.4 Å². The smallest absolute Gasteiger partial charge is 0.290 e. The Kier molecular flexibility index (Phi) is 6.60. The van der Waals surface area contributed by atoms with Crippen molar-refractivity contribution in [1.29, 1.82) is 0 Å². The molecule has 3 aromatic rings. The molecule has 0 bridgehead atoms. The number of hydrazine groups is 1. The van der Waals surface area contributed by atoms with Crippen LogP contribution in [-0.2, 0) is 4.79 Å². The molecule has 0 saturated carbocycles. The van der Waals surface area contributed by atoms with E-state index in [1.807, 2.05) is 13.0 Å². The number of carbonyl (C=O) groups is 2. The molecule has 31 heavy (non-hydrogen) atoms. The fraction of sp³-hybridized carbons (Fsp3) is 0.273. The Morgan fingerprint density at radius 3 is 2.42 bits per heavy atom. The summed E-state index contributed by atoms with van der Waals surface area (Å²) >= 11 is 6.10. The number of rotatable bonds is 5. The predicted molar refractivity (Wildman–Crippen MR) is 118 cm³/mol. The number of fused-ring (bicyclic) bond motifs is 1. The average molecular weight is 443 g/mol. The second kappa shape index (κ2) is 9.18. The van der Waals surface area contributed by atoms with Crippen LogP contribution in [0.1, 0.15) is 42.9 Å². The van der Waals surface area contributed by atoms with E-state index in [4.69, 9.17) is 16.3 Å². The molecule has 8 nitrogen and oxygen atoms in total. The lowest BCUT2D eigenvalue weighted by molar-refractivity contribution is -0.128. The van der Waals surface area contributed by atoms with Crippen LogP contribution in [-0.4, -0.2) is 27.7 Å². The molecule has 0 saturated heterocycles. The number of benzene rings is 2. The van der Waals surface area contributed by atoms with Crippen molar-refractivity contribution in [3.8, 4) is 5.75 Å². The van der Waals surface area contributed by atoms with Crippen LogP contribution < -0.4 is 21.1 Å². The topological polar surface area (TPSA) is 102 Å². The Morgan fingerprint density at radius 2 is 1.74 bits per heavy atom. The van der Waals surface area contributed by atoms with Gasteiger partial charge in [-0.1, -0.05) is 35.9 Å². The molecule has 3 rings (SSSR count). The molecule has 9 heteroatoms. The summed E-state index contributed by atoms with van der Waals surface area (Å²) < 4.78 is 6.85. The number of hydrogen-bond donors (Lipinski definition) is 2. The van der Waals surface area contributed by atoms with E-state index in [1.54, 1.807) is 50.2 Å². The highest BCUT2D eigenvalue weighted by Crippen LogP contribution is 2.26. The van der Waals surface area contributed by atoms with Crippen molar-refractivity contribution in [2.45, 2.75) is 39.8 Å². The minimum absolute atomic E-state index is 0.0273. The summed E-state index contributed by atoms with van der Waals surface area (Å²) in [7, 11) is 0. The molecule has 2 amide bonds. The van der Waals surface area contributed by atoms with Crippen molar-refractivity contribution < 1.29 is 14.3 Å². The molecule has 0 fully saturated rings. The van der Waals surface area contributed by atoms with E-state index in [1.165, 1.54) is 11.6 Å². The fourth-order valence-electron chi connectivity index (χ4n) is 2.95. The maximum absolute atomic E-state index is 12.8. The van der Waals surface area contributed by atoms with Crippen LogP contribution in [0.15, 0.2) is 47.3 Å². The first-order chi connectivity index (χ1) is 14.7. The van der Waals surface area contributed by atoms with Crippen molar-refractivity contribution in [2.75, 3.05) is 0 Å². The number of amides is 2. The first-order valence-corrected chi connectivity index (χ1v) is 10.1. The number of hydrogen-bond acceptors (Lipinski definition) is 5. The van der Waals surface area contributed by atoms with Gasteiger partial charge in [0.25, 0.3) is 17.4 Å². The number of carbonyl (C=O) groups excluding carboxylic acids is 2. The average Bonchev–Trinajstić information content (AvgIpc) is 2.74. The van der Waals surface area contributed by atoms with Gasteiger partial charge in [-0.05, 0) is 51.5 Å². The molecular weight excluding hydrogens is 420 g/mol. The zero-order chi connectivity index (χ0) is 22.7. The highest BCUT2D eigenvalue weighted by molar-refractivity contribution is 6.32. The maximum Gasteiger partial charge on any atom is 0.290 e. The van der Waals surface area contributed by atoms with Crippen molar-refractivity contribution in [3.05, 3.63) is 69.1 Å². The van der Waals surface area contributed by atoms with Crippen molar-refractivity contribution in [3.63, 3.8) is 0 Å². The van der Waals surface area contributed by atoms with Crippen LogP contribution in [0.3, 0.4) is 0 Å². The van der Waals surface area contributed by atoms with E-state index < -0.39 is 17.9 Å². The van der Waals surface area contributed by atoms with Crippen LogP contribution in [0.25, 0.3) is 10.8 Å². The molecule has 2 aromatic carbocycles. The maximum atomic E-state index is 12.8. The van der Waals surface area contributed by atoms with Gasteiger partial charge < -0.3 is 4.74 Å². The third kappa shape index (κ3) is 4.86. The van der Waals surface area contributed by atoms with Crippen LogP contribution in [0.5, 0.6) is 5.75 Å². The monoisotopic (exact) mass is 442 g/mol. The molecule has 1 atom stereocenters. The zero-order valence-electron chi connectivity index (χ0n) is 17.6. The molecule has 1 heterocycles. The van der Waals surface area contributed by atoms with E-state index >= 15 is 0 Å². The molecule has 0 spiro atoms. The fourth-order valence-corrected chi connectivity index (χ4v) is 3.11. The molecule has 0 radical (unpaired) electrons. The van der Waals surface area contributed by atoms with Crippen molar-refractivity contribution >= 4 is 34.2 Å². The zero-order valence-corrected chi connectivity index (χ0v) is 18.4. The van der Waals surface area contributed by atoms with Crippen molar-refractivity contribution in [1.82, 2.24) is 20.6 Å². The molecule has 0 aliphatic carbocycles. The largest absolute Gasteiger partial charge is 0.479 e. The summed E-state index contributed by atoms with van der Waals surface area (Å²) in [5.41, 5.74) is 5.34. The van der Waals surface area contributed by atoms with Gasteiger partial charge in [-0.25, -0.2) is 4.68 Å². The van der Waals surface area contributed by atoms with Gasteiger partial charge in [-0.3, -0.25) is 25.2 Å². The molecular formula is C22H23ClN4O4. The Balaban J connectivity index is 1.77. The van der Waals surface area contributed by atoms with Gasteiger partial charge >= 0.3 is 0 Å². The summed E-state index contributed by atoms with van der Waals surface area (Å²) in [4.78, 5) is 37.8. The quantitative estimate of drug-likeness (QED) is 0.591. The number of halogens is 1. The summed E-state index contributed by atoms with van der Waals surface area (Å²) in [6.07, 6.45) is -0.922. The minimum Gasteiger partial charge on any atom is -0.479 e. The molecule has 1 aromatic heterocycles. The van der Waals surface area contributed by atoms with Crippen LogP contribution in [0.2, 0.25) is 5.02 Å². The Labute approximate surface area is 184 Å². The van der Waals surface area contributed by atoms with Gasteiger partial charge in [0.05, 0.1) is 16.5 Å². The molecule has 0 aliphatic heterocycles. The SMILES string of the molecule is Cc1ccc(Cl)c(OC(C)C(=O)NNC(=O)c2nn(C(C)C)c(=O)c3ccccc23)c1. The van der Waals surface area contributed by atoms with Gasteiger partial charge in [-0.2, -0.15) is 5.10 Å². The molecule has 162 valence electrons. The van der Waals surface area contributed by atoms with Gasteiger partial charge in [0.15, 0.2) is 11.8 Å². The lowest BCUT2D eigenvalue weighted by atomic mass is 10.1. The van der Waals surface area contributed by atoms with Gasteiger partial charge in [0.2, 0.25) is 0 Å². The second-order valence-corrected chi connectivity index (χ2v) is 7.78. The molecule has 0 aliphatic rings.